The summed E-state index contributed by atoms with van der Waals surface area (Å²) in [5, 5.41) is 1.05. The Kier molecular flexibility index (Phi) is 2.25. The van der Waals surface area contributed by atoms with Gasteiger partial charge in [0.1, 0.15) is 5.15 Å². The van der Waals surface area contributed by atoms with Crippen LogP contribution in [-0.4, -0.2) is 9.55 Å². The van der Waals surface area contributed by atoms with E-state index >= 15 is 0 Å². The predicted molar refractivity (Wildman–Crippen MR) is 52.4 cm³/mol. The van der Waals surface area contributed by atoms with Gasteiger partial charge < -0.3 is 0 Å². The average Bonchev–Trinajstić information content (AvgIpc) is 2.53. The largest absolute Gasteiger partial charge is 0.294 e. The summed E-state index contributed by atoms with van der Waals surface area (Å²) >= 11 is 11.6. The van der Waals surface area contributed by atoms with Crippen molar-refractivity contribution in [1.29, 1.82) is 0 Å². The summed E-state index contributed by atoms with van der Waals surface area (Å²) in [6, 6.07) is 7.43. The van der Waals surface area contributed by atoms with Gasteiger partial charge in [0, 0.05) is 6.20 Å². The van der Waals surface area contributed by atoms with Crippen molar-refractivity contribution in [3.8, 4) is 5.69 Å². The molecule has 0 atom stereocenters. The number of aromatic nitrogens is 2. The van der Waals surface area contributed by atoms with Crippen LogP contribution in [-0.2, 0) is 0 Å². The average molecular weight is 212 g/mol. The third-order valence-corrected chi connectivity index (χ3v) is 2.11. The van der Waals surface area contributed by atoms with Gasteiger partial charge in [0.15, 0.2) is 6.33 Å². The molecule has 0 saturated carbocycles. The van der Waals surface area contributed by atoms with Crippen LogP contribution in [0.25, 0.3) is 5.69 Å². The molecule has 0 aliphatic rings. The fourth-order valence-electron chi connectivity index (χ4n) is 1.04. The highest BCUT2D eigenvalue weighted by molar-refractivity contribution is 6.32. The minimum absolute atomic E-state index is 0.403. The number of nitrogens with zero attached hydrogens (tertiary/aromatic N) is 2. The number of hydrogen-bond donors (Lipinski definition) is 0. The third kappa shape index (κ3) is 1.69. The number of rotatable bonds is 1. The molecule has 0 aliphatic heterocycles. The molecule has 2 nitrogen and oxygen atoms in total. The van der Waals surface area contributed by atoms with E-state index in [4.69, 9.17) is 23.2 Å². The highest BCUT2D eigenvalue weighted by Crippen LogP contribution is 2.20. The minimum Gasteiger partial charge on any atom is -0.294 e. The van der Waals surface area contributed by atoms with E-state index in [1.54, 1.807) is 16.8 Å². The molecule has 1 radical (unpaired) electrons. The van der Waals surface area contributed by atoms with Gasteiger partial charge in [-0.3, -0.25) is 4.57 Å². The molecule has 0 saturated heterocycles. The molecule has 65 valence electrons. The second kappa shape index (κ2) is 3.40. The lowest BCUT2D eigenvalue weighted by Gasteiger charge is -2.02. The Morgan fingerprint density at radius 1 is 1.23 bits per heavy atom. The first-order chi connectivity index (χ1) is 6.27. The van der Waals surface area contributed by atoms with Crippen LogP contribution in [0.4, 0.5) is 0 Å². The molecule has 1 heterocycles. The van der Waals surface area contributed by atoms with Crippen molar-refractivity contribution in [2.75, 3.05) is 0 Å². The lowest BCUT2D eigenvalue weighted by molar-refractivity contribution is 1.04. The molecule has 1 aromatic carbocycles. The highest BCUT2D eigenvalue weighted by Gasteiger charge is 2.02. The summed E-state index contributed by atoms with van der Waals surface area (Å²) in [5.41, 5.74) is 0.823. The zero-order valence-corrected chi connectivity index (χ0v) is 8.05. The van der Waals surface area contributed by atoms with Gasteiger partial charge >= 0.3 is 0 Å². The zero-order valence-electron chi connectivity index (χ0n) is 6.54. The van der Waals surface area contributed by atoms with E-state index in [0.29, 0.717) is 10.2 Å². The van der Waals surface area contributed by atoms with Crippen LogP contribution in [0, 0.1) is 6.33 Å². The summed E-state index contributed by atoms with van der Waals surface area (Å²) in [4.78, 5) is 3.78. The van der Waals surface area contributed by atoms with Crippen LogP contribution in [0.1, 0.15) is 0 Å². The molecule has 0 unspecified atom stereocenters. The summed E-state index contributed by atoms with van der Waals surface area (Å²) < 4.78 is 1.66. The first-order valence-electron chi connectivity index (χ1n) is 3.65. The summed E-state index contributed by atoms with van der Waals surface area (Å²) in [6.45, 7) is 0. The van der Waals surface area contributed by atoms with E-state index in [1.165, 1.54) is 0 Å². The molecule has 0 spiro atoms. The van der Waals surface area contributed by atoms with E-state index in [2.05, 4.69) is 11.3 Å². The Bertz CT molecular complexity index is 423. The monoisotopic (exact) mass is 211 g/mol. The third-order valence-electron chi connectivity index (χ3n) is 1.61. The van der Waals surface area contributed by atoms with Gasteiger partial charge in [-0.25, -0.2) is 4.98 Å². The van der Waals surface area contributed by atoms with E-state index < -0.39 is 0 Å². The number of para-hydroxylation sites is 1. The first kappa shape index (κ1) is 8.60. The maximum atomic E-state index is 5.96. The molecule has 13 heavy (non-hydrogen) atoms. The second-order valence-electron chi connectivity index (χ2n) is 2.49. The Morgan fingerprint density at radius 3 is 2.62 bits per heavy atom. The molecule has 2 rings (SSSR count). The van der Waals surface area contributed by atoms with Gasteiger partial charge in [-0.1, -0.05) is 35.3 Å². The fourth-order valence-corrected chi connectivity index (χ4v) is 1.40. The molecule has 1 aromatic heterocycles. The Balaban J connectivity index is 2.52. The lowest BCUT2D eigenvalue weighted by Crippen LogP contribution is -1.90. The Hall–Kier alpha value is -0.990. The van der Waals surface area contributed by atoms with E-state index in [9.17, 15) is 0 Å². The Labute approximate surface area is 85.7 Å². The van der Waals surface area contributed by atoms with Crippen LogP contribution in [0.3, 0.4) is 0 Å². The van der Waals surface area contributed by atoms with Gasteiger partial charge in [-0.2, -0.15) is 0 Å². The molecule has 0 N–H and O–H groups in total. The quantitative estimate of drug-likeness (QED) is 0.710. The van der Waals surface area contributed by atoms with E-state index in [0.717, 1.165) is 5.69 Å². The van der Waals surface area contributed by atoms with Crippen LogP contribution in [0.15, 0.2) is 30.5 Å². The van der Waals surface area contributed by atoms with Crippen molar-refractivity contribution in [3.63, 3.8) is 0 Å². The summed E-state index contributed by atoms with van der Waals surface area (Å²) in [6.07, 6.45) is 4.37. The van der Waals surface area contributed by atoms with Gasteiger partial charge in [0.2, 0.25) is 0 Å². The summed E-state index contributed by atoms with van der Waals surface area (Å²) in [7, 11) is 0. The van der Waals surface area contributed by atoms with Gasteiger partial charge in [-0.05, 0) is 12.1 Å². The van der Waals surface area contributed by atoms with Gasteiger partial charge in [0.25, 0.3) is 0 Å². The van der Waals surface area contributed by atoms with E-state index in [-0.39, 0.29) is 0 Å². The van der Waals surface area contributed by atoms with Crippen molar-refractivity contribution >= 4 is 23.2 Å². The molecular formula is C9H5Cl2N2. The Morgan fingerprint density at radius 2 is 2.00 bits per heavy atom. The zero-order chi connectivity index (χ0) is 9.26. The van der Waals surface area contributed by atoms with Crippen LogP contribution < -0.4 is 0 Å². The first-order valence-corrected chi connectivity index (χ1v) is 4.40. The van der Waals surface area contributed by atoms with Crippen LogP contribution >= 0.6 is 23.2 Å². The number of hydrogen-bond acceptors (Lipinski definition) is 1. The van der Waals surface area contributed by atoms with Crippen LogP contribution in [0.2, 0.25) is 10.2 Å². The predicted octanol–water partition coefficient (Wildman–Crippen LogP) is 2.98. The molecule has 2 aromatic rings. The molecular weight excluding hydrogens is 207 g/mol. The molecule has 0 fully saturated rings. The topological polar surface area (TPSA) is 17.8 Å². The molecule has 4 heteroatoms. The van der Waals surface area contributed by atoms with Crippen molar-refractivity contribution in [3.05, 3.63) is 47.0 Å². The SMILES string of the molecule is Clc1cn(-c2ccccc2Cl)[c]n1. The van der Waals surface area contributed by atoms with Crippen LogP contribution in [0.5, 0.6) is 0 Å². The smallest absolute Gasteiger partial charge is 0.183 e. The van der Waals surface area contributed by atoms with Crippen molar-refractivity contribution in [1.82, 2.24) is 9.55 Å². The number of benzene rings is 1. The normalized spacial score (nSPS) is 10.3. The van der Waals surface area contributed by atoms with Crippen molar-refractivity contribution in [2.24, 2.45) is 0 Å². The fraction of sp³-hybridized carbons (Fsp3) is 0. The second-order valence-corrected chi connectivity index (χ2v) is 3.28. The number of halogens is 2. The molecule has 0 amide bonds. The van der Waals surface area contributed by atoms with Gasteiger partial charge in [0.05, 0.1) is 10.7 Å². The van der Waals surface area contributed by atoms with Crippen molar-refractivity contribution in [2.45, 2.75) is 0 Å². The maximum absolute atomic E-state index is 5.96. The highest BCUT2D eigenvalue weighted by atomic mass is 35.5. The minimum atomic E-state index is 0.403. The number of imidazole rings is 1. The van der Waals surface area contributed by atoms with Crippen molar-refractivity contribution < 1.29 is 0 Å². The summed E-state index contributed by atoms with van der Waals surface area (Å²) in [5.74, 6) is 0. The molecule has 0 aliphatic carbocycles. The maximum Gasteiger partial charge on any atom is 0.183 e. The van der Waals surface area contributed by atoms with Gasteiger partial charge in [-0.15, -0.1) is 0 Å². The van der Waals surface area contributed by atoms with E-state index in [1.807, 2.05) is 18.2 Å². The standard InChI is InChI=1S/C9H5Cl2N2/c10-7-3-1-2-4-8(7)13-5-9(11)12-6-13/h1-5H. The molecule has 0 bridgehead atoms. The lowest BCUT2D eigenvalue weighted by atomic mass is 10.3.